The molecule has 3 nitrogen and oxygen atoms in total. The quantitative estimate of drug-likeness (QED) is 0.303. The van der Waals surface area contributed by atoms with E-state index in [1.807, 2.05) is 20.8 Å². The number of nitrogens with one attached hydrogen (secondary N) is 1. The maximum absolute atomic E-state index is 12.9. The Morgan fingerprint density at radius 2 is 1.57 bits per heavy atom. The first kappa shape index (κ1) is 23.4. The Bertz CT molecular complexity index is 1300. The molecule has 1 aromatic heterocycles. The SMILES string of the molecule is CC(C)(C)OC(=O)C1CCCCC1c1ccc(Cc2c(-c3ccccc3)[nH]c3ccccc23)cc1. The summed E-state index contributed by atoms with van der Waals surface area (Å²) in [6, 6.07) is 28.1. The number of ether oxygens (including phenoxy) is 1. The molecule has 0 amide bonds. The van der Waals surface area contributed by atoms with E-state index in [1.165, 1.54) is 45.3 Å². The molecule has 1 N–H and O–H groups in total. The first-order valence-electron chi connectivity index (χ1n) is 12.9. The fraction of sp³-hybridized carbons (Fsp3) is 0.344. The van der Waals surface area contributed by atoms with Crippen LogP contribution in [0.15, 0.2) is 78.9 Å². The summed E-state index contributed by atoms with van der Waals surface area (Å²) in [4.78, 5) is 16.6. The van der Waals surface area contributed by atoms with Gasteiger partial charge in [-0.05, 0) is 67.9 Å². The topological polar surface area (TPSA) is 42.1 Å². The summed E-state index contributed by atoms with van der Waals surface area (Å²) in [6.45, 7) is 5.85. The van der Waals surface area contributed by atoms with Crippen molar-refractivity contribution in [2.45, 2.75) is 64.4 Å². The lowest BCUT2D eigenvalue weighted by atomic mass is 9.75. The molecular weight excluding hydrogens is 430 g/mol. The molecular formula is C32H35NO2. The lowest BCUT2D eigenvalue weighted by molar-refractivity contribution is -0.161. The number of benzene rings is 3. The smallest absolute Gasteiger partial charge is 0.310 e. The van der Waals surface area contributed by atoms with E-state index in [1.54, 1.807) is 0 Å². The fourth-order valence-electron chi connectivity index (χ4n) is 5.51. The van der Waals surface area contributed by atoms with Gasteiger partial charge in [0.2, 0.25) is 0 Å². The van der Waals surface area contributed by atoms with Crippen LogP contribution in [0.3, 0.4) is 0 Å². The van der Waals surface area contributed by atoms with Gasteiger partial charge in [-0.1, -0.05) is 85.6 Å². The molecule has 5 rings (SSSR count). The van der Waals surface area contributed by atoms with Gasteiger partial charge in [0.25, 0.3) is 0 Å². The maximum atomic E-state index is 12.9. The number of hydrogen-bond donors (Lipinski definition) is 1. The van der Waals surface area contributed by atoms with Gasteiger partial charge in [0.05, 0.1) is 11.6 Å². The Morgan fingerprint density at radius 1 is 0.886 bits per heavy atom. The molecule has 1 saturated carbocycles. The van der Waals surface area contributed by atoms with Crippen molar-refractivity contribution < 1.29 is 9.53 Å². The van der Waals surface area contributed by atoms with E-state index < -0.39 is 5.60 Å². The van der Waals surface area contributed by atoms with Crippen LogP contribution in [0.4, 0.5) is 0 Å². The highest BCUT2D eigenvalue weighted by molar-refractivity contribution is 5.91. The number of para-hydroxylation sites is 1. The predicted octanol–water partition coefficient (Wildman–Crippen LogP) is 8.04. The van der Waals surface area contributed by atoms with Gasteiger partial charge in [-0.2, -0.15) is 0 Å². The summed E-state index contributed by atoms with van der Waals surface area (Å²) in [5.41, 5.74) is 6.97. The zero-order chi connectivity index (χ0) is 24.4. The van der Waals surface area contributed by atoms with E-state index in [-0.39, 0.29) is 17.8 Å². The summed E-state index contributed by atoms with van der Waals surface area (Å²) in [7, 11) is 0. The second kappa shape index (κ2) is 9.73. The highest BCUT2D eigenvalue weighted by Crippen LogP contribution is 2.39. The molecule has 3 aromatic carbocycles. The lowest BCUT2D eigenvalue weighted by Crippen LogP contribution is -2.33. The Kier molecular flexibility index (Phi) is 6.51. The average molecular weight is 466 g/mol. The normalized spacial score (nSPS) is 18.5. The standard InChI is InChI=1S/C32H35NO2/c1-32(2,3)35-31(34)27-15-8-7-13-25(27)23-19-17-22(18-20-23)21-28-26-14-9-10-16-29(26)33-30(28)24-11-5-4-6-12-24/h4-6,9-12,14,16-20,25,27,33H,7-8,13,15,21H2,1-3H3. The van der Waals surface area contributed by atoms with Crippen LogP contribution in [0.5, 0.6) is 0 Å². The number of esters is 1. The van der Waals surface area contributed by atoms with E-state index in [2.05, 4.69) is 83.8 Å². The third-order valence-corrected chi connectivity index (χ3v) is 7.14. The van der Waals surface area contributed by atoms with Crippen molar-refractivity contribution in [1.82, 2.24) is 4.98 Å². The molecule has 0 spiro atoms. The van der Waals surface area contributed by atoms with Crippen LogP contribution in [-0.4, -0.2) is 16.6 Å². The van der Waals surface area contributed by atoms with Crippen molar-refractivity contribution in [2.24, 2.45) is 5.92 Å². The van der Waals surface area contributed by atoms with E-state index in [4.69, 9.17) is 4.74 Å². The van der Waals surface area contributed by atoms with E-state index in [9.17, 15) is 4.79 Å². The highest BCUT2D eigenvalue weighted by atomic mass is 16.6. The first-order chi connectivity index (χ1) is 16.9. The number of aromatic amines is 1. The van der Waals surface area contributed by atoms with Gasteiger partial charge < -0.3 is 9.72 Å². The minimum absolute atomic E-state index is 0.0439. The molecule has 2 atom stereocenters. The molecule has 2 unspecified atom stereocenters. The Labute approximate surface area is 208 Å². The number of hydrogen-bond acceptors (Lipinski definition) is 2. The summed E-state index contributed by atoms with van der Waals surface area (Å²) in [6.07, 6.45) is 5.08. The number of H-pyrrole nitrogens is 1. The molecule has 0 aliphatic heterocycles. The van der Waals surface area contributed by atoms with Gasteiger partial charge in [-0.15, -0.1) is 0 Å². The molecule has 0 bridgehead atoms. The fourth-order valence-corrected chi connectivity index (χ4v) is 5.51. The summed E-state index contributed by atoms with van der Waals surface area (Å²) >= 11 is 0. The molecule has 0 saturated heterocycles. The number of fused-ring (bicyclic) bond motifs is 1. The van der Waals surface area contributed by atoms with Crippen LogP contribution < -0.4 is 0 Å². The van der Waals surface area contributed by atoms with Gasteiger partial charge in [0, 0.05) is 17.3 Å². The van der Waals surface area contributed by atoms with Gasteiger partial charge >= 0.3 is 5.97 Å². The van der Waals surface area contributed by atoms with Gasteiger partial charge in [0.15, 0.2) is 0 Å². The molecule has 1 heterocycles. The lowest BCUT2D eigenvalue weighted by Gasteiger charge is -2.32. The van der Waals surface area contributed by atoms with Crippen LogP contribution >= 0.6 is 0 Å². The molecule has 0 radical (unpaired) electrons. The minimum Gasteiger partial charge on any atom is -0.460 e. The molecule has 1 aliphatic rings. The van der Waals surface area contributed by atoms with Gasteiger partial charge in [-0.3, -0.25) is 4.79 Å². The van der Waals surface area contributed by atoms with Crippen molar-refractivity contribution >= 4 is 16.9 Å². The molecule has 1 aliphatic carbocycles. The average Bonchev–Trinajstić information content (AvgIpc) is 3.22. The molecule has 4 aromatic rings. The van der Waals surface area contributed by atoms with Crippen LogP contribution in [0, 0.1) is 5.92 Å². The predicted molar refractivity (Wildman–Crippen MR) is 144 cm³/mol. The van der Waals surface area contributed by atoms with Crippen molar-refractivity contribution in [1.29, 1.82) is 0 Å². The maximum Gasteiger partial charge on any atom is 0.310 e. The van der Waals surface area contributed by atoms with E-state index >= 15 is 0 Å². The van der Waals surface area contributed by atoms with Crippen LogP contribution in [0.1, 0.15) is 69.1 Å². The van der Waals surface area contributed by atoms with Crippen molar-refractivity contribution in [3.8, 4) is 11.3 Å². The first-order valence-corrected chi connectivity index (χ1v) is 12.9. The summed E-state index contributed by atoms with van der Waals surface area (Å²) in [5.74, 6) is 0.144. The van der Waals surface area contributed by atoms with Crippen molar-refractivity contribution in [2.75, 3.05) is 0 Å². The molecule has 3 heteroatoms. The number of carbonyl (C=O) groups excluding carboxylic acids is 1. The Balaban J connectivity index is 1.42. The monoisotopic (exact) mass is 465 g/mol. The van der Waals surface area contributed by atoms with E-state index in [0.717, 1.165) is 25.7 Å². The molecule has 180 valence electrons. The second-order valence-corrected chi connectivity index (χ2v) is 10.8. The third kappa shape index (κ3) is 5.19. The minimum atomic E-state index is -0.446. The third-order valence-electron chi connectivity index (χ3n) is 7.14. The second-order valence-electron chi connectivity index (χ2n) is 10.8. The zero-order valence-electron chi connectivity index (χ0n) is 21.0. The number of rotatable bonds is 5. The van der Waals surface area contributed by atoms with Crippen LogP contribution in [-0.2, 0) is 16.0 Å². The number of aromatic nitrogens is 1. The molecule has 1 fully saturated rings. The van der Waals surface area contributed by atoms with Crippen LogP contribution in [0.2, 0.25) is 0 Å². The van der Waals surface area contributed by atoms with Crippen molar-refractivity contribution in [3.63, 3.8) is 0 Å². The van der Waals surface area contributed by atoms with E-state index in [0.29, 0.717) is 0 Å². The molecule has 35 heavy (non-hydrogen) atoms. The Hall–Kier alpha value is -3.33. The highest BCUT2D eigenvalue weighted by Gasteiger charge is 2.35. The number of carbonyl (C=O) groups is 1. The summed E-state index contributed by atoms with van der Waals surface area (Å²) in [5, 5.41) is 1.27. The van der Waals surface area contributed by atoms with Gasteiger partial charge in [0.1, 0.15) is 5.60 Å². The van der Waals surface area contributed by atoms with Crippen LogP contribution in [0.25, 0.3) is 22.2 Å². The Morgan fingerprint density at radius 3 is 2.31 bits per heavy atom. The largest absolute Gasteiger partial charge is 0.460 e. The summed E-state index contributed by atoms with van der Waals surface area (Å²) < 4.78 is 5.78. The van der Waals surface area contributed by atoms with Crippen molar-refractivity contribution in [3.05, 3.63) is 95.6 Å². The van der Waals surface area contributed by atoms with Gasteiger partial charge in [-0.25, -0.2) is 0 Å². The zero-order valence-corrected chi connectivity index (χ0v) is 21.0.